The van der Waals surface area contributed by atoms with Crippen LogP contribution >= 0.6 is 23.1 Å². The van der Waals surface area contributed by atoms with E-state index in [-0.39, 0.29) is 23.3 Å². The van der Waals surface area contributed by atoms with Crippen molar-refractivity contribution in [1.29, 1.82) is 0 Å². The zero-order valence-corrected chi connectivity index (χ0v) is 16.0. The van der Waals surface area contributed by atoms with Crippen molar-refractivity contribution in [2.45, 2.75) is 57.1 Å². The summed E-state index contributed by atoms with van der Waals surface area (Å²) in [5, 5.41) is 4.39. The number of carbonyl (C=O) groups is 1. The van der Waals surface area contributed by atoms with Gasteiger partial charge >= 0.3 is 0 Å². The van der Waals surface area contributed by atoms with Gasteiger partial charge < -0.3 is 5.32 Å². The van der Waals surface area contributed by atoms with Crippen LogP contribution in [0.25, 0.3) is 10.2 Å². The fraction of sp³-hybridized carbons (Fsp3) is 0.588. The van der Waals surface area contributed by atoms with E-state index in [9.17, 15) is 9.59 Å². The van der Waals surface area contributed by atoms with Crippen molar-refractivity contribution in [1.82, 2.24) is 14.9 Å². The highest BCUT2D eigenvalue weighted by Crippen LogP contribution is 2.35. The van der Waals surface area contributed by atoms with Crippen molar-refractivity contribution >= 4 is 39.2 Å². The van der Waals surface area contributed by atoms with Crippen LogP contribution in [-0.4, -0.2) is 27.3 Å². The minimum atomic E-state index is -0.0102. The number of rotatable bonds is 6. The van der Waals surface area contributed by atoms with Gasteiger partial charge in [0.25, 0.3) is 5.56 Å². The van der Waals surface area contributed by atoms with E-state index < -0.39 is 0 Å². The van der Waals surface area contributed by atoms with E-state index in [1.807, 2.05) is 6.92 Å². The third-order valence-corrected chi connectivity index (χ3v) is 6.58. The standard InChI is InChI=1S/C17H23N3O2S2/c1-4-6-10(2)18-13(21)9-23-17-19-15-14(16(22)20(17)3)11-7-5-8-12(11)24-15/h10H,4-9H2,1-3H3,(H,18,21)/t10-/m1/s1. The van der Waals surface area contributed by atoms with Crippen LogP contribution in [-0.2, 0) is 24.7 Å². The highest BCUT2D eigenvalue weighted by Gasteiger charge is 2.22. The van der Waals surface area contributed by atoms with Gasteiger partial charge in [-0.1, -0.05) is 25.1 Å². The van der Waals surface area contributed by atoms with E-state index in [2.05, 4.69) is 17.2 Å². The van der Waals surface area contributed by atoms with Crippen molar-refractivity contribution < 1.29 is 4.79 Å². The van der Waals surface area contributed by atoms with Gasteiger partial charge in [-0.3, -0.25) is 14.2 Å². The molecule has 0 aromatic carbocycles. The SMILES string of the molecule is CCC[C@@H](C)NC(=O)CSc1nc2sc3c(c2c(=O)n1C)CCC3. The molecule has 1 aliphatic carbocycles. The first-order valence-electron chi connectivity index (χ1n) is 8.44. The maximum atomic E-state index is 12.7. The topological polar surface area (TPSA) is 64.0 Å². The molecule has 0 spiro atoms. The van der Waals surface area contributed by atoms with Gasteiger partial charge in [0.15, 0.2) is 5.16 Å². The summed E-state index contributed by atoms with van der Waals surface area (Å²) in [5.74, 6) is 0.272. The monoisotopic (exact) mass is 365 g/mol. The van der Waals surface area contributed by atoms with Gasteiger partial charge in [0.2, 0.25) is 5.91 Å². The second-order valence-electron chi connectivity index (χ2n) is 6.34. The van der Waals surface area contributed by atoms with Crippen molar-refractivity contribution in [3.05, 3.63) is 20.8 Å². The summed E-state index contributed by atoms with van der Waals surface area (Å²) in [5.41, 5.74) is 1.22. The molecule has 0 fully saturated rings. The van der Waals surface area contributed by atoms with Gasteiger partial charge in [-0.2, -0.15) is 0 Å². The minimum Gasteiger partial charge on any atom is -0.353 e. The lowest BCUT2D eigenvalue weighted by Crippen LogP contribution is -2.33. The van der Waals surface area contributed by atoms with Gasteiger partial charge in [0, 0.05) is 18.0 Å². The summed E-state index contributed by atoms with van der Waals surface area (Å²) >= 11 is 2.97. The molecule has 3 rings (SSSR count). The Morgan fingerprint density at radius 1 is 1.46 bits per heavy atom. The van der Waals surface area contributed by atoms with Gasteiger partial charge in [-0.25, -0.2) is 4.98 Å². The molecule has 0 unspecified atom stereocenters. The van der Waals surface area contributed by atoms with Crippen molar-refractivity contribution in [3.8, 4) is 0 Å². The number of thiophene rings is 1. The van der Waals surface area contributed by atoms with E-state index in [0.29, 0.717) is 5.16 Å². The first kappa shape index (κ1) is 17.5. The lowest BCUT2D eigenvalue weighted by Gasteiger charge is -2.13. The number of aromatic nitrogens is 2. The second-order valence-corrected chi connectivity index (χ2v) is 8.37. The second kappa shape index (κ2) is 7.27. The summed E-state index contributed by atoms with van der Waals surface area (Å²) in [7, 11) is 1.74. The maximum absolute atomic E-state index is 12.7. The summed E-state index contributed by atoms with van der Waals surface area (Å²) in [4.78, 5) is 31.5. The molecule has 5 nitrogen and oxygen atoms in total. The van der Waals surface area contributed by atoms with Crippen LogP contribution in [0, 0.1) is 0 Å². The molecule has 1 atom stereocenters. The first-order valence-corrected chi connectivity index (χ1v) is 10.2. The lowest BCUT2D eigenvalue weighted by molar-refractivity contribution is -0.119. The zero-order valence-electron chi connectivity index (χ0n) is 14.3. The minimum absolute atomic E-state index is 0.0102. The summed E-state index contributed by atoms with van der Waals surface area (Å²) in [6.45, 7) is 4.12. The van der Waals surface area contributed by atoms with Crippen LogP contribution in [0.5, 0.6) is 0 Å². The van der Waals surface area contributed by atoms with Crippen LogP contribution < -0.4 is 10.9 Å². The normalized spacial score (nSPS) is 14.8. The Labute approximate surface area is 149 Å². The fourth-order valence-electron chi connectivity index (χ4n) is 3.19. The molecule has 0 aliphatic heterocycles. The fourth-order valence-corrected chi connectivity index (χ4v) is 5.27. The number of nitrogens with one attached hydrogen (secondary N) is 1. The van der Waals surface area contributed by atoms with Gasteiger partial charge in [-0.05, 0) is 38.2 Å². The molecule has 0 saturated carbocycles. The Balaban J connectivity index is 1.77. The van der Waals surface area contributed by atoms with E-state index in [0.717, 1.165) is 42.3 Å². The third kappa shape index (κ3) is 3.37. The molecular formula is C17H23N3O2S2. The van der Waals surface area contributed by atoms with Gasteiger partial charge in [0.1, 0.15) is 4.83 Å². The summed E-state index contributed by atoms with van der Waals surface area (Å²) < 4.78 is 1.58. The Morgan fingerprint density at radius 3 is 3.00 bits per heavy atom. The number of fused-ring (bicyclic) bond motifs is 3. The highest BCUT2D eigenvalue weighted by molar-refractivity contribution is 7.99. The summed E-state index contributed by atoms with van der Waals surface area (Å²) in [6.07, 6.45) is 5.19. The van der Waals surface area contributed by atoms with Crippen LogP contribution in [0.1, 0.15) is 43.6 Å². The van der Waals surface area contributed by atoms with Gasteiger partial charge in [-0.15, -0.1) is 11.3 Å². The lowest BCUT2D eigenvalue weighted by atomic mass is 10.2. The van der Waals surface area contributed by atoms with Crippen LogP contribution in [0.4, 0.5) is 0 Å². The van der Waals surface area contributed by atoms with E-state index in [4.69, 9.17) is 0 Å². The average Bonchev–Trinajstić information content (AvgIpc) is 3.10. The molecule has 1 amide bonds. The van der Waals surface area contributed by atoms with E-state index in [1.165, 1.54) is 22.2 Å². The molecule has 130 valence electrons. The number of nitrogens with zero attached hydrogens (tertiary/aromatic N) is 2. The smallest absolute Gasteiger partial charge is 0.262 e. The average molecular weight is 366 g/mol. The number of amides is 1. The quantitative estimate of drug-likeness (QED) is 0.631. The molecule has 0 bridgehead atoms. The molecular weight excluding hydrogens is 342 g/mol. The number of hydrogen-bond acceptors (Lipinski definition) is 5. The zero-order chi connectivity index (χ0) is 17.3. The molecule has 2 heterocycles. The van der Waals surface area contributed by atoms with Crippen LogP contribution in [0.15, 0.2) is 9.95 Å². The van der Waals surface area contributed by atoms with Crippen molar-refractivity contribution in [2.24, 2.45) is 7.05 Å². The Kier molecular flexibility index (Phi) is 5.30. The predicted molar refractivity (Wildman–Crippen MR) is 100 cm³/mol. The molecule has 1 N–H and O–H groups in total. The predicted octanol–water partition coefficient (Wildman–Crippen LogP) is 2.88. The van der Waals surface area contributed by atoms with E-state index in [1.54, 1.807) is 23.0 Å². The number of thioether (sulfide) groups is 1. The van der Waals surface area contributed by atoms with Crippen molar-refractivity contribution in [3.63, 3.8) is 0 Å². The third-order valence-electron chi connectivity index (χ3n) is 4.37. The van der Waals surface area contributed by atoms with Crippen LogP contribution in [0.3, 0.4) is 0 Å². The largest absolute Gasteiger partial charge is 0.353 e. The number of carbonyl (C=O) groups excluding carboxylic acids is 1. The molecule has 0 saturated heterocycles. The van der Waals surface area contributed by atoms with E-state index >= 15 is 0 Å². The van der Waals surface area contributed by atoms with Crippen LogP contribution in [0.2, 0.25) is 0 Å². The maximum Gasteiger partial charge on any atom is 0.262 e. The molecule has 0 radical (unpaired) electrons. The Hall–Kier alpha value is -1.34. The Bertz CT molecular complexity index is 825. The molecule has 7 heteroatoms. The highest BCUT2D eigenvalue weighted by atomic mass is 32.2. The Morgan fingerprint density at radius 2 is 2.25 bits per heavy atom. The number of hydrogen-bond donors (Lipinski definition) is 1. The molecule has 2 aromatic rings. The summed E-state index contributed by atoms with van der Waals surface area (Å²) in [6, 6.07) is 0.183. The van der Waals surface area contributed by atoms with Crippen molar-refractivity contribution in [2.75, 3.05) is 5.75 Å². The molecule has 1 aliphatic rings. The number of aryl methyl sites for hydroxylation is 2. The first-order chi connectivity index (χ1) is 11.5. The molecule has 2 aromatic heterocycles. The molecule has 24 heavy (non-hydrogen) atoms. The van der Waals surface area contributed by atoms with Gasteiger partial charge in [0.05, 0.1) is 11.1 Å².